The fourth-order valence-corrected chi connectivity index (χ4v) is 3.94. The summed E-state index contributed by atoms with van der Waals surface area (Å²) in [5, 5.41) is 16.9. The first kappa shape index (κ1) is 20.3. The van der Waals surface area contributed by atoms with Crippen LogP contribution in [0.15, 0.2) is 91.6 Å². The number of hydrogen-bond acceptors (Lipinski definition) is 7. The van der Waals surface area contributed by atoms with Crippen LogP contribution in [-0.4, -0.2) is 24.9 Å². The highest BCUT2D eigenvalue weighted by Crippen LogP contribution is 2.29. The van der Waals surface area contributed by atoms with Crippen LogP contribution in [-0.2, 0) is 0 Å². The molecule has 0 amide bonds. The molecule has 0 spiro atoms. The van der Waals surface area contributed by atoms with Crippen molar-refractivity contribution in [2.45, 2.75) is 0 Å². The number of H-pyrrole nitrogens is 1. The van der Waals surface area contributed by atoms with Gasteiger partial charge in [-0.2, -0.15) is 5.26 Å². The second kappa shape index (κ2) is 8.57. The van der Waals surface area contributed by atoms with Crippen molar-refractivity contribution in [3.8, 4) is 17.5 Å². The van der Waals surface area contributed by atoms with Crippen LogP contribution in [0, 0.1) is 11.3 Å². The van der Waals surface area contributed by atoms with Crippen LogP contribution >= 0.6 is 0 Å². The van der Waals surface area contributed by atoms with Crippen molar-refractivity contribution in [1.82, 2.24) is 24.9 Å². The van der Waals surface area contributed by atoms with Gasteiger partial charge < -0.3 is 15.6 Å². The number of pyridine rings is 3. The highest BCUT2D eigenvalue weighted by atomic mass is 14.9. The molecule has 0 saturated carbocycles. The Kier molecular flexibility index (Phi) is 4.98. The molecule has 35 heavy (non-hydrogen) atoms. The van der Waals surface area contributed by atoms with Crippen LogP contribution in [0.1, 0.15) is 5.56 Å². The molecular weight excluding hydrogens is 436 g/mol. The predicted octanol–water partition coefficient (Wildman–Crippen LogP) is 5.93. The Morgan fingerprint density at radius 1 is 0.743 bits per heavy atom. The normalized spacial score (nSPS) is 10.8. The van der Waals surface area contributed by atoms with E-state index in [1.54, 1.807) is 37.1 Å². The first-order valence-electron chi connectivity index (χ1n) is 10.9. The maximum absolute atomic E-state index is 9.27. The zero-order valence-electron chi connectivity index (χ0n) is 18.4. The van der Waals surface area contributed by atoms with Crippen molar-refractivity contribution < 1.29 is 0 Å². The highest BCUT2D eigenvalue weighted by molar-refractivity contribution is 5.94. The number of aromatic nitrogens is 5. The number of imidazole rings is 1. The second-order valence-corrected chi connectivity index (χ2v) is 7.97. The van der Waals surface area contributed by atoms with E-state index in [4.69, 9.17) is 4.98 Å². The number of rotatable bonds is 5. The predicted molar refractivity (Wildman–Crippen MR) is 137 cm³/mol. The number of benzene rings is 2. The average Bonchev–Trinajstić information content (AvgIpc) is 3.33. The SMILES string of the molecule is N#Cc1ccc2nccc(Nc3cncc(-c4nc5ccc(Nc6ccncc6)cc5[nH]4)c3)c2c1. The van der Waals surface area contributed by atoms with E-state index in [-0.39, 0.29) is 0 Å². The van der Waals surface area contributed by atoms with Crippen molar-refractivity contribution in [2.24, 2.45) is 0 Å². The topological polar surface area (TPSA) is 115 Å². The molecule has 0 fully saturated rings. The molecule has 6 rings (SSSR count). The highest BCUT2D eigenvalue weighted by Gasteiger charge is 2.09. The van der Waals surface area contributed by atoms with Crippen molar-refractivity contribution in [3.63, 3.8) is 0 Å². The molecule has 0 aliphatic heterocycles. The van der Waals surface area contributed by atoms with Crippen molar-refractivity contribution >= 4 is 44.7 Å². The van der Waals surface area contributed by atoms with Crippen molar-refractivity contribution in [3.05, 3.63) is 97.2 Å². The van der Waals surface area contributed by atoms with E-state index in [2.05, 4.69) is 36.6 Å². The molecular formula is C27H18N8. The molecule has 4 heterocycles. The van der Waals surface area contributed by atoms with E-state index in [0.29, 0.717) is 5.56 Å². The molecule has 2 aromatic carbocycles. The molecule has 0 aliphatic carbocycles. The number of aromatic amines is 1. The Labute approximate surface area is 200 Å². The van der Waals surface area contributed by atoms with Crippen LogP contribution in [0.2, 0.25) is 0 Å². The summed E-state index contributed by atoms with van der Waals surface area (Å²) in [4.78, 5) is 21.0. The van der Waals surface area contributed by atoms with Gasteiger partial charge in [0.05, 0.1) is 40.1 Å². The molecule has 3 N–H and O–H groups in total. The van der Waals surface area contributed by atoms with Crippen LogP contribution in [0.4, 0.5) is 22.7 Å². The zero-order valence-corrected chi connectivity index (χ0v) is 18.4. The molecule has 0 aliphatic rings. The van der Waals surface area contributed by atoms with E-state index >= 15 is 0 Å². The van der Waals surface area contributed by atoms with Crippen LogP contribution in [0.5, 0.6) is 0 Å². The second-order valence-electron chi connectivity index (χ2n) is 7.97. The third-order valence-electron chi connectivity index (χ3n) is 5.61. The summed E-state index contributed by atoms with van der Waals surface area (Å²) in [7, 11) is 0. The molecule has 0 saturated heterocycles. The van der Waals surface area contributed by atoms with Gasteiger partial charge in [0, 0.05) is 52.8 Å². The number of hydrogen-bond donors (Lipinski definition) is 3. The summed E-state index contributed by atoms with van der Waals surface area (Å²) in [5.41, 5.74) is 7.60. The van der Waals surface area contributed by atoms with Gasteiger partial charge in [-0.15, -0.1) is 0 Å². The molecule has 8 heteroatoms. The number of fused-ring (bicyclic) bond motifs is 2. The van der Waals surface area contributed by atoms with Gasteiger partial charge in [-0.05, 0) is 60.7 Å². The van der Waals surface area contributed by atoms with Crippen molar-refractivity contribution in [2.75, 3.05) is 10.6 Å². The monoisotopic (exact) mass is 454 g/mol. The fraction of sp³-hybridized carbons (Fsp3) is 0. The fourth-order valence-electron chi connectivity index (χ4n) is 3.94. The lowest BCUT2D eigenvalue weighted by Gasteiger charge is -2.10. The third kappa shape index (κ3) is 4.10. The molecule has 4 aromatic heterocycles. The van der Waals surface area contributed by atoms with Gasteiger partial charge in [0.2, 0.25) is 0 Å². The maximum atomic E-state index is 9.27. The zero-order chi connectivity index (χ0) is 23.6. The van der Waals surface area contributed by atoms with Crippen LogP contribution in [0.25, 0.3) is 33.3 Å². The van der Waals surface area contributed by atoms with E-state index in [1.807, 2.05) is 54.6 Å². The van der Waals surface area contributed by atoms with E-state index in [1.165, 1.54) is 0 Å². The molecule has 8 nitrogen and oxygen atoms in total. The molecule has 0 unspecified atom stereocenters. The van der Waals surface area contributed by atoms with E-state index in [9.17, 15) is 5.26 Å². The minimum atomic E-state index is 0.584. The van der Waals surface area contributed by atoms with Gasteiger partial charge in [0.25, 0.3) is 0 Å². The molecule has 6 aromatic rings. The van der Waals surface area contributed by atoms with Crippen LogP contribution in [0.3, 0.4) is 0 Å². The van der Waals surface area contributed by atoms with Gasteiger partial charge in [-0.3, -0.25) is 15.0 Å². The van der Waals surface area contributed by atoms with Crippen molar-refractivity contribution in [1.29, 1.82) is 5.26 Å². The summed E-state index contributed by atoms with van der Waals surface area (Å²) in [6.07, 6.45) is 8.77. The van der Waals surface area contributed by atoms with Gasteiger partial charge in [-0.1, -0.05) is 0 Å². The molecule has 0 atom stereocenters. The number of nitrogens with zero attached hydrogens (tertiary/aromatic N) is 5. The number of anilines is 4. The quantitative estimate of drug-likeness (QED) is 0.296. The minimum Gasteiger partial charge on any atom is -0.355 e. The molecule has 0 radical (unpaired) electrons. The number of nitriles is 1. The Bertz CT molecular complexity index is 1720. The molecule has 0 bridgehead atoms. The van der Waals surface area contributed by atoms with Gasteiger partial charge >= 0.3 is 0 Å². The molecule has 166 valence electrons. The van der Waals surface area contributed by atoms with E-state index < -0.39 is 0 Å². The van der Waals surface area contributed by atoms with Gasteiger partial charge in [0.1, 0.15) is 5.82 Å². The van der Waals surface area contributed by atoms with Gasteiger partial charge in [-0.25, -0.2) is 4.98 Å². The number of nitrogens with one attached hydrogen (secondary N) is 3. The minimum absolute atomic E-state index is 0.584. The Balaban J connectivity index is 1.30. The average molecular weight is 454 g/mol. The first-order valence-corrected chi connectivity index (χ1v) is 10.9. The summed E-state index contributed by atoms with van der Waals surface area (Å²) < 4.78 is 0. The lowest BCUT2D eigenvalue weighted by atomic mass is 10.1. The Hall–Kier alpha value is -5.29. The smallest absolute Gasteiger partial charge is 0.140 e. The van der Waals surface area contributed by atoms with E-state index in [0.717, 1.165) is 56.1 Å². The summed E-state index contributed by atoms with van der Waals surface area (Å²) >= 11 is 0. The summed E-state index contributed by atoms with van der Waals surface area (Å²) in [6, 6.07) is 21.3. The summed E-state index contributed by atoms with van der Waals surface area (Å²) in [6.45, 7) is 0. The standard InChI is InChI=1S/C27H18N8/c28-14-17-1-3-23-22(11-17)24(7-10-31-23)33-21-12-18(15-30-16-21)27-34-25-4-2-20(13-26(25)35-27)32-19-5-8-29-9-6-19/h1-13,15-16H,(H,29,32)(H,31,33)(H,34,35). The van der Waals surface area contributed by atoms with Crippen LogP contribution < -0.4 is 10.6 Å². The maximum Gasteiger partial charge on any atom is 0.140 e. The lowest BCUT2D eigenvalue weighted by Crippen LogP contribution is -1.95. The largest absolute Gasteiger partial charge is 0.355 e. The Morgan fingerprint density at radius 2 is 1.63 bits per heavy atom. The van der Waals surface area contributed by atoms with Gasteiger partial charge in [0.15, 0.2) is 0 Å². The first-order chi connectivity index (χ1) is 17.2. The Morgan fingerprint density at radius 3 is 2.51 bits per heavy atom. The lowest BCUT2D eigenvalue weighted by molar-refractivity contribution is 1.27. The third-order valence-corrected chi connectivity index (χ3v) is 5.61. The summed E-state index contributed by atoms with van der Waals surface area (Å²) in [5.74, 6) is 0.726.